The summed E-state index contributed by atoms with van der Waals surface area (Å²) in [6.07, 6.45) is 0. The molecule has 190 valence electrons. The Morgan fingerprint density at radius 2 is 1.44 bits per heavy atom. The third-order valence-electron chi connectivity index (χ3n) is 5.54. The van der Waals surface area contributed by atoms with Crippen LogP contribution in [0.1, 0.15) is 31.1 Å². The average Bonchev–Trinajstić information content (AvgIpc) is 2.89. The van der Waals surface area contributed by atoms with Gasteiger partial charge in [0.1, 0.15) is 12.3 Å². The molecule has 0 aliphatic rings. The van der Waals surface area contributed by atoms with E-state index >= 15 is 0 Å². The van der Waals surface area contributed by atoms with Crippen LogP contribution in [-0.4, -0.2) is 51.4 Å². The van der Waals surface area contributed by atoms with Gasteiger partial charge in [-0.3, -0.25) is 13.9 Å². The van der Waals surface area contributed by atoms with E-state index in [0.717, 1.165) is 4.31 Å². The molecule has 1 N–H and O–H groups in total. The lowest BCUT2D eigenvalue weighted by Crippen LogP contribution is -2.38. The molecule has 36 heavy (non-hydrogen) atoms. The molecule has 0 heterocycles. The number of carbonyl (C=O) groups excluding carboxylic acids is 2. The van der Waals surface area contributed by atoms with Crippen molar-refractivity contribution in [2.45, 2.75) is 25.7 Å². The van der Waals surface area contributed by atoms with E-state index in [1.807, 2.05) is 20.8 Å². The van der Waals surface area contributed by atoms with Crippen LogP contribution in [0.4, 0.5) is 11.4 Å². The Hall–Kier alpha value is -3.85. The SMILES string of the molecule is CCOc1ccc(N(CC(=O)Nc2ccccc2C(=O)N(CC)CC)S(=O)(=O)c2ccccc2)cc1. The molecule has 0 fully saturated rings. The monoisotopic (exact) mass is 509 g/mol. The maximum absolute atomic E-state index is 13.5. The molecule has 3 aromatic carbocycles. The summed E-state index contributed by atoms with van der Waals surface area (Å²) < 4.78 is 33.6. The Labute approximate surface area is 212 Å². The molecule has 0 atom stereocenters. The van der Waals surface area contributed by atoms with Gasteiger partial charge in [-0.15, -0.1) is 0 Å². The standard InChI is InChI=1S/C27H31N3O5S/c1-4-29(5-2)27(32)24-14-10-11-15-25(24)28-26(31)20-30(21-16-18-22(19-17-21)35-6-3)36(33,34)23-12-8-7-9-13-23/h7-19H,4-6,20H2,1-3H3,(H,28,31). The second kappa shape index (κ2) is 12.2. The topological polar surface area (TPSA) is 96.0 Å². The first-order valence-electron chi connectivity index (χ1n) is 11.8. The van der Waals surface area contributed by atoms with Gasteiger partial charge >= 0.3 is 0 Å². The van der Waals surface area contributed by atoms with Crippen LogP contribution >= 0.6 is 0 Å². The van der Waals surface area contributed by atoms with E-state index in [0.29, 0.717) is 42.4 Å². The van der Waals surface area contributed by atoms with Crippen molar-refractivity contribution in [1.29, 1.82) is 0 Å². The van der Waals surface area contributed by atoms with E-state index in [1.54, 1.807) is 71.6 Å². The Morgan fingerprint density at radius 1 is 0.833 bits per heavy atom. The Kier molecular flexibility index (Phi) is 9.08. The molecule has 0 bridgehead atoms. The van der Waals surface area contributed by atoms with Crippen molar-refractivity contribution in [2.75, 3.05) is 35.9 Å². The second-order valence-electron chi connectivity index (χ2n) is 7.82. The first-order valence-corrected chi connectivity index (χ1v) is 13.2. The van der Waals surface area contributed by atoms with E-state index in [1.165, 1.54) is 12.1 Å². The minimum Gasteiger partial charge on any atom is -0.494 e. The molecule has 3 rings (SSSR count). The lowest BCUT2D eigenvalue weighted by atomic mass is 10.1. The van der Waals surface area contributed by atoms with E-state index in [9.17, 15) is 18.0 Å². The lowest BCUT2D eigenvalue weighted by molar-refractivity contribution is -0.114. The average molecular weight is 510 g/mol. The Bertz CT molecular complexity index is 1270. The highest BCUT2D eigenvalue weighted by Gasteiger charge is 2.28. The van der Waals surface area contributed by atoms with Crippen molar-refractivity contribution in [1.82, 2.24) is 4.90 Å². The summed E-state index contributed by atoms with van der Waals surface area (Å²) in [6.45, 7) is 6.65. The number of carbonyl (C=O) groups is 2. The summed E-state index contributed by atoms with van der Waals surface area (Å²) in [7, 11) is -4.06. The fraction of sp³-hybridized carbons (Fsp3) is 0.259. The van der Waals surface area contributed by atoms with Crippen LogP contribution in [-0.2, 0) is 14.8 Å². The van der Waals surface area contributed by atoms with E-state index in [4.69, 9.17) is 4.74 Å². The maximum Gasteiger partial charge on any atom is 0.264 e. The zero-order valence-electron chi connectivity index (χ0n) is 20.7. The van der Waals surface area contributed by atoms with Crippen LogP contribution < -0.4 is 14.4 Å². The van der Waals surface area contributed by atoms with Gasteiger partial charge in [-0.1, -0.05) is 30.3 Å². The number of ether oxygens (including phenoxy) is 1. The molecule has 8 nitrogen and oxygen atoms in total. The quantitative estimate of drug-likeness (QED) is 0.413. The number of amides is 2. The molecule has 0 aliphatic heterocycles. The van der Waals surface area contributed by atoms with Crippen LogP contribution in [0.3, 0.4) is 0 Å². The number of benzene rings is 3. The van der Waals surface area contributed by atoms with Crippen LogP contribution in [0, 0.1) is 0 Å². The molecule has 0 spiro atoms. The fourth-order valence-electron chi connectivity index (χ4n) is 3.69. The van der Waals surface area contributed by atoms with Gasteiger partial charge in [-0.2, -0.15) is 0 Å². The van der Waals surface area contributed by atoms with Crippen molar-refractivity contribution in [2.24, 2.45) is 0 Å². The molecule has 0 radical (unpaired) electrons. The molecule has 0 aromatic heterocycles. The summed E-state index contributed by atoms with van der Waals surface area (Å²) in [5, 5.41) is 2.73. The largest absolute Gasteiger partial charge is 0.494 e. The highest BCUT2D eigenvalue weighted by atomic mass is 32.2. The van der Waals surface area contributed by atoms with E-state index in [2.05, 4.69) is 5.32 Å². The summed E-state index contributed by atoms with van der Waals surface area (Å²) >= 11 is 0. The lowest BCUT2D eigenvalue weighted by Gasteiger charge is -2.25. The summed E-state index contributed by atoms with van der Waals surface area (Å²) in [5.41, 5.74) is 0.973. The smallest absolute Gasteiger partial charge is 0.264 e. The molecule has 3 aromatic rings. The molecule has 2 amide bonds. The van der Waals surface area contributed by atoms with Crippen molar-refractivity contribution < 1.29 is 22.7 Å². The van der Waals surface area contributed by atoms with Crippen LogP contribution in [0.5, 0.6) is 5.75 Å². The zero-order chi connectivity index (χ0) is 26.1. The van der Waals surface area contributed by atoms with Gasteiger partial charge in [0, 0.05) is 13.1 Å². The molecular weight excluding hydrogens is 478 g/mol. The molecule has 0 aliphatic carbocycles. The van der Waals surface area contributed by atoms with Crippen LogP contribution in [0.2, 0.25) is 0 Å². The summed E-state index contributed by atoms with van der Waals surface area (Å²) in [6, 6.07) is 21.1. The van der Waals surface area contributed by atoms with E-state index < -0.39 is 22.5 Å². The van der Waals surface area contributed by atoms with Gasteiger partial charge in [0.05, 0.1) is 28.4 Å². The van der Waals surface area contributed by atoms with Crippen molar-refractivity contribution in [3.8, 4) is 5.75 Å². The summed E-state index contributed by atoms with van der Waals surface area (Å²) in [5.74, 6) is -0.203. The van der Waals surface area contributed by atoms with Gasteiger partial charge in [-0.05, 0) is 69.3 Å². The molecule has 0 saturated heterocycles. The number of hydrogen-bond acceptors (Lipinski definition) is 5. The first-order chi connectivity index (χ1) is 17.3. The summed E-state index contributed by atoms with van der Waals surface area (Å²) in [4.78, 5) is 27.8. The van der Waals surface area contributed by atoms with Gasteiger partial charge in [0.15, 0.2) is 0 Å². The van der Waals surface area contributed by atoms with Gasteiger partial charge in [0.2, 0.25) is 5.91 Å². The normalized spacial score (nSPS) is 11.0. The van der Waals surface area contributed by atoms with Gasteiger partial charge in [-0.25, -0.2) is 8.42 Å². The number of hydrogen-bond donors (Lipinski definition) is 1. The third-order valence-corrected chi connectivity index (χ3v) is 7.32. The number of sulfonamides is 1. The van der Waals surface area contributed by atoms with E-state index in [-0.39, 0.29) is 10.8 Å². The van der Waals surface area contributed by atoms with Crippen molar-refractivity contribution >= 4 is 33.2 Å². The minimum atomic E-state index is -4.06. The van der Waals surface area contributed by atoms with Crippen molar-refractivity contribution in [3.05, 3.63) is 84.4 Å². The molecule has 0 saturated carbocycles. The Morgan fingerprint density at radius 3 is 2.06 bits per heavy atom. The number of nitrogens with one attached hydrogen (secondary N) is 1. The highest BCUT2D eigenvalue weighted by Crippen LogP contribution is 2.26. The Balaban J connectivity index is 1.93. The number of anilines is 2. The highest BCUT2D eigenvalue weighted by molar-refractivity contribution is 7.92. The first kappa shape index (κ1) is 26.7. The molecule has 0 unspecified atom stereocenters. The van der Waals surface area contributed by atoms with Crippen LogP contribution in [0.25, 0.3) is 0 Å². The predicted molar refractivity (Wildman–Crippen MR) is 141 cm³/mol. The number of rotatable bonds is 11. The molecular formula is C27H31N3O5S. The van der Waals surface area contributed by atoms with Crippen molar-refractivity contribution in [3.63, 3.8) is 0 Å². The number of nitrogens with zero attached hydrogens (tertiary/aromatic N) is 2. The zero-order valence-corrected chi connectivity index (χ0v) is 21.5. The molecule has 9 heteroatoms. The minimum absolute atomic E-state index is 0.0591. The number of para-hydroxylation sites is 1. The third kappa shape index (κ3) is 6.23. The van der Waals surface area contributed by atoms with Gasteiger partial charge < -0.3 is 15.0 Å². The van der Waals surface area contributed by atoms with Gasteiger partial charge in [0.25, 0.3) is 15.9 Å². The predicted octanol–water partition coefficient (Wildman–Crippen LogP) is 4.40. The maximum atomic E-state index is 13.5. The fourth-order valence-corrected chi connectivity index (χ4v) is 5.13. The van der Waals surface area contributed by atoms with Crippen LogP contribution in [0.15, 0.2) is 83.8 Å². The second-order valence-corrected chi connectivity index (χ2v) is 9.69.